The molecule has 108 valence electrons. The van der Waals surface area contributed by atoms with Crippen LogP contribution >= 0.6 is 0 Å². The summed E-state index contributed by atoms with van der Waals surface area (Å²) in [7, 11) is 3.79. The molecule has 1 aromatic rings. The van der Waals surface area contributed by atoms with Crippen LogP contribution in [-0.4, -0.2) is 36.1 Å². The highest BCUT2D eigenvalue weighted by atomic mass is 16.4. The molecule has 2 N–H and O–H groups in total. The molecule has 0 spiro atoms. The second-order valence-corrected chi connectivity index (χ2v) is 5.33. The van der Waals surface area contributed by atoms with Crippen LogP contribution in [-0.2, 0) is 9.59 Å². The number of hydrogen-bond acceptors (Lipinski definition) is 4. The zero-order valence-electron chi connectivity index (χ0n) is 11.7. The number of anilines is 2. The smallest absolute Gasteiger partial charge is 0.306 e. The predicted molar refractivity (Wildman–Crippen MR) is 75.7 cm³/mol. The molecular weight excluding hydrogens is 258 g/mol. The van der Waals surface area contributed by atoms with Gasteiger partial charge in [0.15, 0.2) is 0 Å². The minimum atomic E-state index is -0.808. The molecule has 6 nitrogen and oxygen atoms in total. The van der Waals surface area contributed by atoms with Gasteiger partial charge in [0.2, 0.25) is 5.91 Å². The number of carboxylic acids is 1. The maximum atomic E-state index is 12.1. The molecule has 2 rings (SSSR count). The molecule has 20 heavy (non-hydrogen) atoms. The molecular formula is C14H19N3O3. The lowest BCUT2D eigenvalue weighted by Crippen LogP contribution is -2.22. The largest absolute Gasteiger partial charge is 0.481 e. The topological polar surface area (TPSA) is 82.5 Å². The highest BCUT2D eigenvalue weighted by Crippen LogP contribution is 2.31. The van der Waals surface area contributed by atoms with Gasteiger partial charge in [-0.1, -0.05) is 0 Å². The minimum Gasteiger partial charge on any atom is -0.481 e. The molecule has 0 saturated heterocycles. The highest BCUT2D eigenvalue weighted by Gasteiger charge is 2.33. The number of rotatable bonds is 4. The van der Waals surface area contributed by atoms with E-state index in [0.29, 0.717) is 24.9 Å². The Morgan fingerprint density at radius 3 is 2.50 bits per heavy atom. The molecule has 0 radical (unpaired) electrons. The standard InChI is InChI=1S/C14H19N3O3/c1-17(2)12-6-5-11(8-15-12)16-13(18)9-3-4-10(7-9)14(19)20/h5-6,8-10H,3-4,7H2,1-2H3,(H,16,18)(H,19,20). The first-order chi connectivity index (χ1) is 9.47. The van der Waals surface area contributed by atoms with Gasteiger partial charge >= 0.3 is 5.97 Å². The molecule has 1 aliphatic carbocycles. The zero-order valence-corrected chi connectivity index (χ0v) is 11.7. The molecule has 1 aromatic heterocycles. The Kier molecular flexibility index (Phi) is 4.22. The Hall–Kier alpha value is -2.11. The summed E-state index contributed by atoms with van der Waals surface area (Å²) in [6.45, 7) is 0. The Morgan fingerprint density at radius 1 is 1.30 bits per heavy atom. The van der Waals surface area contributed by atoms with Crippen molar-refractivity contribution in [2.45, 2.75) is 19.3 Å². The van der Waals surface area contributed by atoms with Crippen molar-refractivity contribution in [3.63, 3.8) is 0 Å². The van der Waals surface area contributed by atoms with Crippen molar-refractivity contribution in [3.8, 4) is 0 Å². The third-order valence-corrected chi connectivity index (χ3v) is 3.63. The van der Waals surface area contributed by atoms with E-state index in [1.165, 1.54) is 0 Å². The lowest BCUT2D eigenvalue weighted by molar-refractivity contribution is -0.141. The molecule has 2 unspecified atom stereocenters. The van der Waals surface area contributed by atoms with E-state index in [1.54, 1.807) is 12.3 Å². The normalized spacial score (nSPS) is 21.5. The highest BCUT2D eigenvalue weighted by molar-refractivity contribution is 5.93. The van der Waals surface area contributed by atoms with E-state index in [4.69, 9.17) is 5.11 Å². The first kappa shape index (κ1) is 14.3. The molecule has 6 heteroatoms. The van der Waals surface area contributed by atoms with Crippen LogP contribution in [0.15, 0.2) is 18.3 Å². The molecule has 1 amide bonds. The van der Waals surface area contributed by atoms with Crippen LogP contribution in [0.4, 0.5) is 11.5 Å². The van der Waals surface area contributed by atoms with Crippen molar-refractivity contribution in [3.05, 3.63) is 18.3 Å². The van der Waals surface area contributed by atoms with Gasteiger partial charge in [0.05, 0.1) is 17.8 Å². The average Bonchev–Trinajstić information content (AvgIpc) is 2.89. The van der Waals surface area contributed by atoms with Gasteiger partial charge in [-0.3, -0.25) is 9.59 Å². The number of carbonyl (C=O) groups is 2. The second-order valence-electron chi connectivity index (χ2n) is 5.33. The second kappa shape index (κ2) is 5.90. The molecule has 1 saturated carbocycles. The van der Waals surface area contributed by atoms with Gasteiger partial charge < -0.3 is 15.3 Å². The quantitative estimate of drug-likeness (QED) is 0.873. The number of nitrogens with zero attached hydrogens (tertiary/aromatic N) is 2. The zero-order chi connectivity index (χ0) is 14.7. The monoisotopic (exact) mass is 277 g/mol. The SMILES string of the molecule is CN(C)c1ccc(NC(=O)C2CCC(C(=O)O)C2)cn1. The minimum absolute atomic E-state index is 0.117. The van der Waals surface area contributed by atoms with E-state index in [0.717, 1.165) is 5.82 Å². The molecule has 2 atom stereocenters. The third-order valence-electron chi connectivity index (χ3n) is 3.63. The summed E-state index contributed by atoms with van der Waals surface area (Å²) in [4.78, 5) is 29.0. The molecule has 1 aliphatic rings. The van der Waals surface area contributed by atoms with E-state index < -0.39 is 5.97 Å². The van der Waals surface area contributed by atoms with Gasteiger partial charge in [-0.15, -0.1) is 0 Å². The summed E-state index contributed by atoms with van der Waals surface area (Å²) in [5.41, 5.74) is 0.638. The van der Waals surface area contributed by atoms with Gasteiger partial charge in [0, 0.05) is 20.0 Å². The van der Waals surface area contributed by atoms with Crippen LogP contribution in [0.25, 0.3) is 0 Å². The molecule has 0 aliphatic heterocycles. The lowest BCUT2D eigenvalue weighted by atomic mass is 10.0. The number of hydrogen-bond donors (Lipinski definition) is 2. The Balaban J connectivity index is 1.93. The molecule has 0 bridgehead atoms. The van der Waals surface area contributed by atoms with Crippen molar-refractivity contribution < 1.29 is 14.7 Å². The number of amides is 1. The number of carboxylic acid groups (broad SMARTS) is 1. The average molecular weight is 277 g/mol. The number of aromatic nitrogens is 1. The van der Waals surface area contributed by atoms with Crippen LogP contribution < -0.4 is 10.2 Å². The van der Waals surface area contributed by atoms with Gasteiger partial charge in [0.1, 0.15) is 5.82 Å². The molecule has 1 heterocycles. The lowest BCUT2D eigenvalue weighted by Gasteiger charge is -2.13. The van der Waals surface area contributed by atoms with E-state index in [9.17, 15) is 9.59 Å². The summed E-state index contributed by atoms with van der Waals surface area (Å²) in [6.07, 6.45) is 3.23. The fourth-order valence-electron chi connectivity index (χ4n) is 2.41. The Bertz CT molecular complexity index is 499. The summed E-state index contributed by atoms with van der Waals surface area (Å²) >= 11 is 0. The number of aliphatic carboxylic acids is 1. The van der Waals surface area contributed by atoms with Crippen LogP contribution in [0, 0.1) is 11.8 Å². The Labute approximate surface area is 117 Å². The van der Waals surface area contributed by atoms with Crippen LogP contribution in [0.2, 0.25) is 0 Å². The van der Waals surface area contributed by atoms with Crippen molar-refractivity contribution >= 4 is 23.4 Å². The first-order valence-electron chi connectivity index (χ1n) is 6.64. The Morgan fingerprint density at radius 2 is 2.00 bits per heavy atom. The predicted octanol–water partition coefficient (Wildman–Crippen LogP) is 1.59. The third kappa shape index (κ3) is 3.26. The summed E-state index contributed by atoms with van der Waals surface area (Å²) in [5.74, 6) is -0.718. The van der Waals surface area contributed by atoms with Gasteiger partial charge in [-0.25, -0.2) is 4.98 Å². The van der Waals surface area contributed by atoms with E-state index in [2.05, 4.69) is 10.3 Å². The van der Waals surface area contributed by atoms with Crippen molar-refractivity contribution in [2.75, 3.05) is 24.3 Å². The van der Waals surface area contributed by atoms with Crippen LogP contribution in [0.5, 0.6) is 0 Å². The summed E-state index contributed by atoms with van der Waals surface area (Å²) in [5, 5.41) is 11.7. The molecule has 0 aromatic carbocycles. The number of pyridine rings is 1. The van der Waals surface area contributed by atoms with E-state index in [1.807, 2.05) is 25.1 Å². The van der Waals surface area contributed by atoms with E-state index >= 15 is 0 Å². The fourth-order valence-corrected chi connectivity index (χ4v) is 2.41. The van der Waals surface area contributed by atoms with E-state index in [-0.39, 0.29) is 17.7 Å². The van der Waals surface area contributed by atoms with Crippen molar-refractivity contribution in [1.82, 2.24) is 4.98 Å². The van der Waals surface area contributed by atoms with Gasteiger partial charge in [-0.2, -0.15) is 0 Å². The van der Waals surface area contributed by atoms with Crippen molar-refractivity contribution in [2.24, 2.45) is 11.8 Å². The summed E-state index contributed by atoms with van der Waals surface area (Å²) < 4.78 is 0. The number of nitrogens with one attached hydrogen (secondary N) is 1. The summed E-state index contributed by atoms with van der Waals surface area (Å²) in [6, 6.07) is 3.62. The fraction of sp³-hybridized carbons (Fsp3) is 0.500. The van der Waals surface area contributed by atoms with Crippen LogP contribution in [0.3, 0.4) is 0 Å². The van der Waals surface area contributed by atoms with Crippen LogP contribution in [0.1, 0.15) is 19.3 Å². The first-order valence-corrected chi connectivity index (χ1v) is 6.64. The van der Waals surface area contributed by atoms with Gasteiger partial charge in [0.25, 0.3) is 0 Å². The maximum Gasteiger partial charge on any atom is 0.306 e. The maximum absolute atomic E-state index is 12.1. The van der Waals surface area contributed by atoms with Crippen molar-refractivity contribution in [1.29, 1.82) is 0 Å². The number of carbonyl (C=O) groups excluding carboxylic acids is 1. The van der Waals surface area contributed by atoms with Gasteiger partial charge in [-0.05, 0) is 31.4 Å². The molecule has 1 fully saturated rings.